The first kappa shape index (κ1) is 22.7. The molecule has 0 N–H and O–H groups in total. The summed E-state index contributed by atoms with van der Waals surface area (Å²) in [6.07, 6.45) is 5.05. The minimum absolute atomic E-state index is 0.140. The molecule has 1 aromatic rings. The van der Waals surface area contributed by atoms with E-state index in [-0.39, 0.29) is 16.7 Å². The fraction of sp³-hybridized carbons (Fsp3) is 0.714. The number of carbonyl (C=O) groups is 2. The lowest BCUT2D eigenvalue weighted by Crippen LogP contribution is -2.53. The van der Waals surface area contributed by atoms with Gasteiger partial charge in [0.15, 0.2) is 0 Å². The second kappa shape index (κ2) is 9.56. The van der Waals surface area contributed by atoms with Gasteiger partial charge in [-0.05, 0) is 50.5 Å². The van der Waals surface area contributed by atoms with E-state index in [9.17, 15) is 18.0 Å². The van der Waals surface area contributed by atoms with Crippen LogP contribution in [-0.2, 0) is 14.8 Å². The van der Waals surface area contributed by atoms with E-state index in [0.29, 0.717) is 56.7 Å². The maximum Gasteiger partial charge on any atom is 0.265 e. The van der Waals surface area contributed by atoms with Gasteiger partial charge in [0.2, 0.25) is 15.9 Å². The molecule has 3 fully saturated rings. The van der Waals surface area contributed by atoms with E-state index in [4.69, 9.17) is 0 Å². The number of amides is 2. The van der Waals surface area contributed by atoms with Crippen molar-refractivity contribution in [2.24, 2.45) is 0 Å². The molecular formula is C21H32N4O4S2. The summed E-state index contributed by atoms with van der Waals surface area (Å²) in [5.74, 6) is -0.0485. The number of rotatable bonds is 5. The van der Waals surface area contributed by atoms with Crippen LogP contribution in [0, 0.1) is 0 Å². The van der Waals surface area contributed by atoms with Crippen LogP contribution in [0.25, 0.3) is 0 Å². The first-order chi connectivity index (χ1) is 14.9. The summed E-state index contributed by atoms with van der Waals surface area (Å²) in [5.41, 5.74) is 0. The summed E-state index contributed by atoms with van der Waals surface area (Å²) < 4.78 is 27.4. The number of piperidine rings is 1. The van der Waals surface area contributed by atoms with Crippen LogP contribution in [0.3, 0.4) is 0 Å². The zero-order valence-electron chi connectivity index (χ0n) is 18.2. The van der Waals surface area contributed by atoms with Gasteiger partial charge in [-0.15, -0.1) is 11.3 Å². The molecule has 3 aliphatic heterocycles. The fourth-order valence-corrected chi connectivity index (χ4v) is 7.61. The molecule has 0 aliphatic carbocycles. The Hall–Kier alpha value is -1.49. The van der Waals surface area contributed by atoms with Crippen molar-refractivity contribution in [2.45, 2.75) is 50.0 Å². The topological polar surface area (TPSA) is 81.2 Å². The molecule has 1 unspecified atom stereocenters. The minimum Gasteiger partial charge on any atom is -0.339 e. The predicted octanol–water partition coefficient (Wildman–Crippen LogP) is 1.69. The summed E-state index contributed by atoms with van der Waals surface area (Å²) >= 11 is 1.20. The first-order valence-corrected chi connectivity index (χ1v) is 13.6. The maximum atomic E-state index is 13.1. The highest BCUT2D eigenvalue weighted by Gasteiger charge is 2.34. The zero-order valence-corrected chi connectivity index (χ0v) is 19.8. The second-order valence-electron chi connectivity index (χ2n) is 8.73. The molecule has 3 aliphatic rings. The molecule has 0 bridgehead atoms. The van der Waals surface area contributed by atoms with Crippen molar-refractivity contribution in [3.05, 3.63) is 16.3 Å². The van der Waals surface area contributed by atoms with Crippen molar-refractivity contribution < 1.29 is 18.0 Å². The van der Waals surface area contributed by atoms with Crippen LogP contribution < -0.4 is 0 Å². The summed E-state index contributed by atoms with van der Waals surface area (Å²) in [7, 11) is -3.62. The van der Waals surface area contributed by atoms with Gasteiger partial charge >= 0.3 is 0 Å². The van der Waals surface area contributed by atoms with Crippen molar-refractivity contribution in [3.63, 3.8) is 0 Å². The van der Waals surface area contributed by atoms with E-state index >= 15 is 0 Å². The van der Waals surface area contributed by atoms with Gasteiger partial charge in [-0.25, -0.2) is 8.42 Å². The lowest BCUT2D eigenvalue weighted by atomic mass is 10.0. The largest absolute Gasteiger partial charge is 0.339 e. The number of hydrogen-bond donors (Lipinski definition) is 0. The molecular weight excluding hydrogens is 436 g/mol. The lowest BCUT2D eigenvalue weighted by molar-refractivity contribution is -0.136. The number of nitrogens with zero attached hydrogens (tertiary/aromatic N) is 4. The van der Waals surface area contributed by atoms with Gasteiger partial charge in [-0.2, -0.15) is 4.31 Å². The van der Waals surface area contributed by atoms with Crippen LogP contribution in [0.15, 0.2) is 16.3 Å². The van der Waals surface area contributed by atoms with Gasteiger partial charge in [-0.3, -0.25) is 14.5 Å². The maximum absolute atomic E-state index is 13.1. The Labute approximate surface area is 188 Å². The van der Waals surface area contributed by atoms with Gasteiger partial charge in [0, 0.05) is 51.9 Å². The normalized spacial score (nSPS) is 24.0. The lowest BCUT2D eigenvalue weighted by Gasteiger charge is -2.38. The smallest absolute Gasteiger partial charge is 0.265 e. The predicted molar refractivity (Wildman–Crippen MR) is 120 cm³/mol. The van der Waals surface area contributed by atoms with Crippen LogP contribution in [0.2, 0.25) is 0 Å². The highest BCUT2D eigenvalue weighted by Crippen LogP contribution is 2.29. The number of likely N-dealkylation sites (tertiary alicyclic amines) is 1. The number of sulfonamides is 1. The number of hydrogen-bond acceptors (Lipinski definition) is 6. The van der Waals surface area contributed by atoms with Gasteiger partial charge in [0.25, 0.3) is 5.91 Å². The Morgan fingerprint density at radius 2 is 1.68 bits per heavy atom. The third-order valence-electron chi connectivity index (χ3n) is 6.65. The molecule has 0 radical (unpaired) electrons. The Balaban J connectivity index is 1.35. The number of piperazine rings is 1. The van der Waals surface area contributed by atoms with Gasteiger partial charge in [0.1, 0.15) is 9.77 Å². The van der Waals surface area contributed by atoms with E-state index in [0.717, 1.165) is 32.2 Å². The van der Waals surface area contributed by atoms with E-state index in [2.05, 4.69) is 11.8 Å². The standard InChI is InChI=1S/C21H32N4O4S2/c1-17-6-2-3-10-25(17)19(26)16-22-11-13-23(14-12-22)21(27)20-18(7-15-30-20)31(28,29)24-8-4-5-9-24/h7,15,17H,2-6,8-14,16H2,1H3. The van der Waals surface area contributed by atoms with Crippen molar-refractivity contribution in [1.29, 1.82) is 0 Å². The Kier molecular flexibility index (Phi) is 7.00. The first-order valence-electron chi connectivity index (χ1n) is 11.3. The quantitative estimate of drug-likeness (QED) is 0.657. The molecule has 3 saturated heterocycles. The van der Waals surface area contributed by atoms with E-state index in [1.165, 1.54) is 22.1 Å². The van der Waals surface area contributed by atoms with E-state index in [1.807, 2.05) is 4.90 Å². The van der Waals surface area contributed by atoms with E-state index in [1.54, 1.807) is 16.3 Å². The molecule has 0 aromatic carbocycles. The highest BCUT2D eigenvalue weighted by molar-refractivity contribution is 7.89. The average molecular weight is 469 g/mol. The molecule has 4 heterocycles. The van der Waals surface area contributed by atoms with Gasteiger partial charge < -0.3 is 9.80 Å². The number of thiophene rings is 1. The summed E-state index contributed by atoms with van der Waals surface area (Å²) in [4.78, 5) is 32.1. The molecule has 8 nitrogen and oxygen atoms in total. The third-order valence-corrected chi connectivity index (χ3v) is 9.62. The molecule has 2 amide bonds. The Morgan fingerprint density at radius 1 is 1.00 bits per heavy atom. The molecule has 31 heavy (non-hydrogen) atoms. The molecule has 1 atom stereocenters. The summed E-state index contributed by atoms with van der Waals surface area (Å²) in [6, 6.07) is 1.86. The van der Waals surface area contributed by atoms with Crippen LogP contribution in [0.5, 0.6) is 0 Å². The second-order valence-corrected chi connectivity index (χ2v) is 11.5. The van der Waals surface area contributed by atoms with E-state index < -0.39 is 10.0 Å². The monoisotopic (exact) mass is 468 g/mol. The third kappa shape index (κ3) is 4.81. The Bertz CT molecular complexity index is 902. The fourth-order valence-electron chi connectivity index (χ4n) is 4.73. The van der Waals surface area contributed by atoms with Crippen LogP contribution >= 0.6 is 11.3 Å². The molecule has 0 spiro atoms. The van der Waals surface area contributed by atoms with Crippen LogP contribution in [0.1, 0.15) is 48.7 Å². The SMILES string of the molecule is CC1CCCCN1C(=O)CN1CCN(C(=O)c2sccc2S(=O)(=O)N2CCCC2)CC1. The zero-order chi connectivity index (χ0) is 22.0. The summed E-state index contributed by atoms with van der Waals surface area (Å²) in [5, 5.41) is 1.69. The molecule has 0 saturated carbocycles. The molecule has 1 aromatic heterocycles. The van der Waals surface area contributed by atoms with Crippen LogP contribution in [-0.4, -0.2) is 97.6 Å². The summed E-state index contributed by atoms with van der Waals surface area (Å²) in [6.45, 7) is 6.64. The molecule has 172 valence electrons. The van der Waals surface area contributed by atoms with Gasteiger partial charge in [0.05, 0.1) is 6.54 Å². The van der Waals surface area contributed by atoms with Gasteiger partial charge in [-0.1, -0.05) is 0 Å². The van der Waals surface area contributed by atoms with Crippen molar-refractivity contribution >= 4 is 33.2 Å². The minimum atomic E-state index is -3.62. The molecule has 4 rings (SSSR count). The van der Waals surface area contributed by atoms with Crippen molar-refractivity contribution in [3.8, 4) is 0 Å². The number of carbonyl (C=O) groups excluding carboxylic acids is 2. The van der Waals surface area contributed by atoms with Crippen LogP contribution in [0.4, 0.5) is 0 Å². The van der Waals surface area contributed by atoms with Crippen molar-refractivity contribution in [2.75, 3.05) is 52.4 Å². The highest BCUT2D eigenvalue weighted by atomic mass is 32.2. The Morgan fingerprint density at radius 3 is 2.35 bits per heavy atom. The average Bonchev–Trinajstić information content (AvgIpc) is 3.47. The molecule has 10 heteroatoms. The van der Waals surface area contributed by atoms with Crippen molar-refractivity contribution in [1.82, 2.24) is 19.0 Å².